The van der Waals surface area contributed by atoms with Crippen LogP contribution in [0.2, 0.25) is 0 Å². The largest absolute Gasteiger partial charge is 0.366 e. The summed E-state index contributed by atoms with van der Waals surface area (Å²) < 4.78 is 0. The Balaban J connectivity index is 1.44. The van der Waals surface area contributed by atoms with E-state index in [2.05, 4.69) is 29.2 Å². The maximum Gasteiger partial charge on any atom is 0.282 e. The summed E-state index contributed by atoms with van der Waals surface area (Å²) in [5, 5.41) is 0. The van der Waals surface area contributed by atoms with Crippen LogP contribution in [0, 0.1) is 12.8 Å². The number of hydrogen-bond acceptors (Lipinski definition) is 3. The highest BCUT2D eigenvalue weighted by Gasteiger charge is 2.43. The molecule has 1 saturated heterocycles. The van der Waals surface area contributed by atoms with E-state index in [1.165, 1.54) is 10.5 Å². The number of piperidine rings is 1. The second kappa shape index (κ2) is 9.07. The molecular weight excluding hydrogens is 408 g/mol. The summed E-state index contributed by atoms with van der Waals surface area (Å²) in [5.41, 5.74) is 4.97. The molecule has 0 atom stereocenters. The molecule has 33 heavy (non-hydrogen) atoms. The summed E-state index contributed by atoms with van der Waals surface area (Å²) in [5.74, 6) is 0.129. The van der Waals surface area contributed by atoms with E-state index in [-0.39, 0.29) is 11.8 Å². The predicted octanol–water partition coefficient (Wildman–Crippen LogP) is 5.23. The van der Waals surface area contributed by atoms with Crippen molar-refractivity contribution in [2.45, 2.75) is 26.2 Å². The van der Waals surface area contributed by atoms with Gasteiger partial charge in [0.2, 0.25) is 0 Å². The number of para-hydroxylation sites is 1. The van der Waals surface area contributed by atoms with E-state index >= 15 is 0 Å². The van der Waals surface area contributed by atoms with Crippen LogP contribution in [-0.2, 0) is 16.0 Å². The van der Waals surface area contributed by atoms with Crippen molar-refractivity contribution >= 4 is 23.1 Å². The monoisotopic (exact) mass is 436 g/mol. The maximum atomic E-state index is 13.6. The molecule has 0 saturated carbocycles. The number of imide groups is 1. The third-order valence-corrected chi connectivity index (χ3v) is 6.71. The smallest absolute Gasteiger partial charge is 0.282 e. The Morgan fingerprint density at radius 3 is 2.00 bits per heavy atom. The standard InChI is InChI=1S/C29H28N2O2/c1-21-12-14-24(15-13-21)26-27(29(33)31(28(26)32)25-10-6-3-7-11-25)30-18-16-23(17-19-30)20-22-8-4-2-5-9-22/h2-15,23H,16-20H2,1H3. The molecule has 5 rings (SSSR count). The molecular formula is C29H28N2O2. The van der Waals surface area contributed by atoms with Crippen LogP contribution in [0.25, 0.3) is 5.57 Å². The molecule has 4 nitrogen and oxygen atoms in total. The molecule has 2 aliphatic heterocycles. The van der Waals surface area contributed by atoms with Crippen molar-refractivity contribution in [1.82, 2.24) is 4.90 Å². The zero-order valence-electron chi connectivity index (χ0n) is 18.9. The topological polar surface area (TPSA) is 40.6 Å². The molecule has 0 aromatic heterocycles. The molecule has 2 aliphatic rings. The zero-order chi connectivity index (χ0) is 22.8. The van der Waals surface area contributed by atoms with Crippen molar-refractivity contribution in [3.8, 4) is 0 Å². The van der Waals surface area contributed by atoms with Gasteiger partial charge in [-0.3, -0.25) is 9.59 Å². The lowest BCUT2D eigenvalue weighted by atomic mass is 9.89. The van der Waals surface area contributed by atoms with Crippen molar-refractivity contribution < 1.29 is 9.59 Å². The molecule has 0 aliphatic carbocycles. The van der Waals surface area contributed by atoms with Crippen molar-refractivity contribution in [3.63, 3.8) is 0 Å². The second-order valence-electron chi connectivity index (χ2n) is 8.99. The van der Waals surface area contributed by atoms with Crippen LogP contribution in [0.15, 0.2) is 90.6 Å². The van der Waals surface area contributed by atoms with Crippen LogP contribution in [0.5, 0.6) is 0 Å². The molecule has 2 amide bonds. The van der Waals surface area contributed by atoms with Gasteiger partial charge in [-0.15, -0.1) is 0 Å². The van der Waals surface area contributed by atoms with Gasteiger partial charge in [0.1, 0.15) is 5.70 Å². The Kier molecular flexibility index (Phi) is 5.82. The van der Waals surface area contributed by atoms with Crippen molar-refractivity contribution in [3.05, 3.63) is 107 Å². The van der Waals surface area contributed by atoms with Crippen LogP contribution < -0.4 is 4.90 Å². The number of amides is 2. The molecule has 2 heterocycles. The van der Waals surface area contributed by atoms with Gasteiger partial charge in [0, 0.05) is 13.1 Å². The van der Waals surface area contributed by atoms with Crippen molar-refractivity contribution in [2.75, 3.05) is 18.0 Å². The highest BCUT2D eigenvalue weighted by Crippen LogP contribution is 2.36. The summed E-state index contributed by atoms with van der Waals surface area (Å²) in [6, 6.07) is 27.7. The minimum atomic E-state index is -0.239. The minimum Gasteiger partial charge on any atom is -0.366 e. The van der Waals surface area contributed by atoms with Gasteiger partial charge in [0.15, 0.2) is 0 Å². The third-order valence-electron chi connectivity index (χ3n) is 6.71. The fourth-order valence-electron chi connectivity index (χ4n) is 4.91. The highest BCUT2D eigenvalue weighted by atomic mass is 16.2. The second-order valence-corrected chi connectivity index (χ2v) is 8.99. The molecule has 4 heteroatoms. The summed E-state index contributed by atoms with van der Waals surface area (Å²) in [6.45, 7) is 3.59. The lowest BCUT2D eigenvalue weighted by molar-refractivity contribution is -0.120. The number of rotatable bonds is 5. The Morgan fingerprint density at radius 2 is 1.36 bits per heavy atom. The van der Waals surface area contributed by atoms with Gasteiger partial charge in [-0.05, 0) is 55.4 Å². The molecule has 0 N–H and O–H groups in total. The molecule has 0 unspecified atom stereocenters. The molecule has 1 fully saturated rings. The maximum absolute atomic E-state index is 13.6. The average molecular weight is 437 g/mol. The summed E-state index contributed by atoms with van der Waals surface area (Å²) >= 11 is 0. The number of anilines is 1. The van der Waals surface area contributed by atoms with Crippen LogP contribution in [0.3, 0.4) is 0 Å². The quantitative estimate of drug-likeness (QED) is 0.514. The molecule has 3 aromatic carbocycles. The van der Waals surface area contributed by atoms with Gasteiger partial charge in [0.05, 0.1) is 11.3 Å². The number of aryl methyl sites for hydroxylation is 1. The molecule has 166 valence electrons. The van der Waals surface area contributed by atoms with E-state index in [4.69, 9.17) is 0 Å². The van der Waals surface area contributed by atoms with Gasteiger partial charge in [-0.2, -0.15) is 0 Å². The molecule has 0 radical (unpaired) electrons. The van der Waals surface area contributed by atoms with Gasteiger partial charge in [0.25, 0.3) is 11.8 Å². The van der Waals surface area contributed by atoms with Crippen LogP contribution >= 0.6 is 0 Å². The number of benzene rings is 3. The van der Waals surface area contributed by atoms with Gasteiger partial charge in [-0.1, -0.05) is 78.4 Å². The Labute approximate surface area is 195 Å². The molecule has 3 aromatic rings. The van der Waals surface area contributed by atoms with E-state index in [1.807, 2.05) is 67.6 Å². The first-order chi connectivity index (χ1) is 16.1. The number of carbonyl (C=O) groups is 2. The SMILES string of the molecule is Cc1ccc(C2=C(N3CCC(Cc4ccccc4)CC3)C(=O)N(c3ccccc3)C2=O)cc1. The minimum absolute atomic E-state index is 0.219. The first-order valence-corrected chi connectivity index (χ1v) is 11.7. The number of carbonyl (C=O) groups excluding carboxylic acids is 2. The summed E-state index contributed by atoms with van der Waals surface area (Å²) in [4.78, 5) is 30.7. The normalized spacial score (nSPS) is 17.2. The Bertz CT molecular complexity index is 1180. The van der Waals surface area contributed by atoms with Crippen molar-refractivity contribution in [2.24, 2.45) is 5.92 Å². The lowest BCUT2D eigenvalue weighted by Gasteiger charge is -2.34. The fraction of sp³-hybridized carbons (Fsp3) is 0.241. The van der Waals surface area contributed by atoms with Crippen LogP contribution in [0.1, 0.15) is 29.5 Å². The average Bonchev–Trinajstić information content (AvgIpc) is 3.11. The van der Waals surface area contributed by atoms with E-state index in [9.17, 15) is 9.59 Å². The number of hydrogen-bond donors (Lipinski definition) is 0. The number of nitrogens with zero attached hydrogens (tertiary/aromatic N) is 2. The first kappa shape index (κ1) is 21.2. The van der Waals surface area contributed by atoms with Gasteiger partial charge in [-0.25, -0.2) is 4.90 Å². The summed E-state index contributed by atoms with van der Waals surface area (Å²) in [6.07, 6.45) is 3.07. The first-order valence-electron chi connectivity index (χ1n) is 11.7. The van der Waals surface area contributed by atoms with Crippen LogP contribution in [-0.4, -0.2) is 29.8 Å². The highest BCUT2D eigenvalue weighted by molar-refractivity contribution is 6.45. The zero-order valence-corrected chi connectivity index (χ0v) is 18.9. The van der Waals surface area contributed by atoms with E-state index < -0.39 is 0 Å². The fourth-order valence-corrected chi connectivity index (χ4v) is 4.91. The van der Waals surface area contributed by atoms with E-state index in [0.717, 1.165) is 43.5 Å². The lowest BCUT2D eigenvalue weighted by Crippen LogP contribution is -2.39. The van der Waals surface area contributed by atoms with Crippen molar-refractivity contribution in [1.29, 1.82) is 0 Å². The number of likely N-dealkylation sites (tertiary alicyclic amines) is 1. The van der Waals surface area contributed by atoms with E-state index in [1.54, 1.807) is 0 Å². The third kappa shape index (κ3) is 4.21. The van der Waals surface area contributed by atoms with E-state index in [0.29, 0.717) is 22.9 Å². The van der Waals surface area contributed by atoms with Gasteiger partial charge >= 0.3 is 0 Å². The predicted molar refractivity (Wildman–Crippen MR) is 131 cm³/mol. The molecule has 0 bridgehead atoms. The Morgan fingerprint density at radius 1 is 0.758 bits per heavy atom. The summed E-state index contributed by atoms with van der Waals surface area (Å²) in [7, 11) is 0. The van der Waals surface area contributed by atoms with Gasteiger partial charge < -0.3 is 4.90 Å². The van der Waals surface area contributed by atoms with Crippen LogP contribution in [0.4, 0.5) is 5.69 Å². The Hall–Kier alpha value is -3.66. The molecule has 0 spiro atoms.